The van der Waals surface area contributed by atoms with Gasteiger partial charge in [0, 0.05) is 70.0 Å². The third-order valence-electron chi connectivity index (χ3n) is 12.2. The fraction of sp³-hybridized carbons (Fsp3) is 0.774. The van der Waals surface area contributed by atoms with Crippen molar-refractivity contribution in [2.75, 3.05) is 79.0 Å². The Labute approximate surface area is 434 Å². The lowest BCUT2D eigenvalue weighted by molar-refractivity contribution is -0.144. The zero-order valence-corrected chi connectivity index (χ0v) is 44.2. The molecule has 73 heavy (non-hydrogen) atoms. The molecule has 1 aromatic rings. The van der Waals surface area contributed by atoms with E-state index in [1.807, 2.05) is 0 Å². The van der Waals surface area contributed by atoms with E-state index in [0.29, 0.717) is 38.6 Å². The number of nitrogens with two attached hydrogens (primary N) is 1. The van der Waals surface area contributed by atoms with Crippen molar-refractivity contribution in [3.8, 4) is 0 Å². The van der Waals surface area contributed by atoms with Gasteiger partial charge in [-0.05, 0) is 32.1 Å². The molecule has 3 atom stereocenters. The molecule has 0 aromatic carbocycles. The molecule has 0 radical (unpaired) electrons. The number of nitrogens with zero attached hydrogens (tertiary/aromatic N) is 1. The van der Waals surface area contributed by atoms with E-state index in [9.17, 15) is 43.8 Å². The average Bonchev–Trinajstić information content (AvgIpc) is 3.88. The predicted octanol–water partition coefficient (Wildman–Crippen LogP) is 5.51. The molecule has 0 aliphatic heterocycles. The van der Waals surface area contributed by atoms with Gasteiger partial charge < -0.3 is 61.1 Å². The molecule has 1 heterocycles. The zero-order chi connectivity index (χ0) is 53.6. The van der Waals surface area contributed by atoms with E-state index in [1.165, 1.54) is 83.4 Å². The van der Waals surface area contributed by atoms with Crippen LogP contribution in [0.4, 0.5) is 0 Å². The summed E-state index contributed by atoms with van der Waals surface area (Å²) in [5.41, 5.74) is 6.76. The van der Waals surface area contributed by atoms with Crippen LogP contribution < -0.4 is 27.0 Å². The maximum Gasteiger partial charge on any atom is 0.306 e. The molecule has 0 spiro atoms. The molecule has 0 aliphatic rings. The molecule has 418 valence electrons. The molecule has 9 N–H and O–H groups in total. The van der Waals surface area contributed by atoms with Gasteiger partial charge in [-0.25, -0.2) is 4.98 Å². The van der Waals surface area contributed by atoms with E-state index in [4.69, 9.17) is 24.7 Å². The number of nitrogens with one attached hydrogen (secondary N) is 5. The molecular weight excluding hydrogens is 943 g/mol. The van der Waals surface area contributed by atoms with Gasteiger partial charge in [-0.3, -0.25) is 33.6 Å². The number of Topliss-reactive ketones (excluding diaryl/α,β-unsaturated/α-hetero) is 3. The number of amides is 3. The van der Waals surface area contributed by atoms with E-state index in [-0.39, 0.29) is 145 Å². The standard InChI is InChI=1S/C53H93N7O13/c1-3-4-5-6-7-8-9-10-11-12-13-14-15-16-17-20-45(62)35-43(53(68)69)23-25-50(65)57-27-29-70-31-34-73-40-52(67)58-28-30-71-32-33-72-39-51(66)56-26-19-18-21-47(48(63)24-22-42(2)61)59-38-49(64)46(54)36-44-37-55-41-60-44/h37,41,43,46-47,59,61H,2-36,38-40,54H2,1H3,(H,55,60)(H,56,66)(H,57,65)(H,58,67)(H,68,69)/t43-,46+,47+/m1/s1. The molecule has 0 saturated carbocycles. The van der Waals surface area contributed by atoms with Crippen LogP contribution in [0, 0.1) is 5.92 Å². The first kappa shape index (κ1) is 66.4. The van der Waals surface area contributed by atoms with Crippen molar-refractivity contribution in [2.24, 2.45) is 11.7 Å². The third-order valence-corrected chi connectivity index (χ3v) is 12.2. The number of carboxylic acids is 1. The molecule has 0 fully saturated rings. The number of aliphatic hydroxyl groups is 1. The molecule has 0 unspecified atom stereocenters. The third kappa shape index (κ3) is 40.5. The minimum atomic E-state index is -1.06. The van der Waals surface area contributed by atoms with E-state index < -0.39 is 24.0 Å². The van der Waals surface area contributed by atoms with Crippen LogP contribution in [0.2, 0.25) is 0 Å². The molecule has 0 bridgehead atoms. The Bertz CT molecular complexity index is 1650. The molecule has 1 rings (SSSR count). The zero-order valence-electron chi connectivity index (χ0n) is 44.2. The molecule has 0 aliphatic carbocycles. The number of ketones is 3. The predicted molar refractivity (Wildman–Crippen MR) is 279 cm³/mol. The number of imidazole rings is 1. The second kappa shape index (κ2) is 46.0. The number of aliphatic carboxylic acids is 1. The number of H-pyrrole nitrogens is 1. The second-order valence-electron chi connectivity index (χ2n) is 18.7. The van der Waals surface area contributed by atoms with Crippen molar-refractivity contribution >= 4 is 41.0 Å². The minimum absolute atomic E-state index is 0.0000390. The minimum Gasteiger partial charge on any atom is -0.513 e. The molecule has 3 amide bonds. The van der Waals surface area contributed by atoms with Crippen LogP contribution in [0.3, 0.4) is 0 Å². The van der Waals surface area contributed by atoms with Crippen LogP contribution in [-0.4, -0.2) is 152 Å². The van der Waals surface area contributed by atoms with Crippen LogP contribution in [0.25, 0.3) is 0 Å². The fourth-order valence-electron chi connectivity index (χ4n) is 7.80. The smallest absolute Gasteiger partial charge is 0.306 e. The van der Waals surface area contributed by atoms with Gasteiger partial charge in [-0.1, -0.05) is 103 Å². The van der Waals surface area contributed by atoms with Crippen molar-refractivity contribution in [3.63, 3.8) is 0 Å². The van der Waals surface area contributed by atoms with Crippen molar-refractivity contribution < 1.29 is 62.7 Å². The number of carbonyl (C=O) groups is 7. The summed E-state index contributed by atoms with van der Waals surface area (Å²) >= 11 is 0. The topological polar surface area (TPSA) is 300 Å². The summed E-state index contributed by atoms with van der Waals surface area (Å²) in [7, 11) is 0. The maximum absolute atomic E-state index is 12.8. The Morgan fingerprint density at radius 3 is 1.68 bits per heavy atom. The van der Waals surface area contributed by atoms with Gasteiger partial charge in [0.05, 0.1) is 76.3 Å². The van der Waals surface area contributed by atoms with Crippen molar-refractivity contribution in [1.82, 2.24) is 31.2 Å². The SMILES string of the molecule is C=C(O)CCC(=O)[C@H](CCCCNC(=O)COCCOCCNC(=O)COCCOCCNC(=O)CC[C@H](CC(=O)CCCCCCCCCCCCCCCCC)C(=O)O)NCC(=O)[C@@H](N)Cc1cnc[nH]1. The van der Waals surface area contributed by atoms with Gasteiger partial charge in [0.15, 0.2) is 5.78 Å². The summed E-state index contributed by atoms with van der Waals surface area (Å²) in [6.07, 6.45) is 24.2. The highest BCUT2D eigenvalue weighted by Crippen LogP contribution is 2.17. The Hall–Kier alpha value is -4.60. The Balaban J connectivity index is 2.00. The number of aromatic nitrogens is 2. The molecular formula is C53H93N7O13. The van der Waals surface area contributed by atoms with E-state index in [2.05, 4.69) is 44.7 Å². The number of hydrogen-bond donors (Lipinski definition) is 8. The van der Waals surface area contributed by atoms with Crippen LogP contribution in [0.15, 0.2) is 24.9 Å². The molecule has 1 aromatic heterocycles. The largest absolute Gasteiger partial charge is 0.513 e. The van der Waals surface area contributed by atoms with Gasteiger partial charge in [0.2, 0.25) is 17.7 Å². The van der Waals surface area contributed by atoms with Crippen LogP contribution in [0.5, 0.6) is 0 Å². The Kier molecular flexibility index (Phi) is 41.8. The molecule has 20 nitrogen and oxygen atoms in total. The monoisotopic (exact) mass is 1040 g/mol. The highest BCUT2D eigenvalue weighted by atomic mass is 16.5. The number of unbranched alkanes of at least 4 members (excludes halogenated alkanes) is 15. The van der Waals surface area contributed by atoms with Crippen LogP contribution in [-0.2, 0) is 58.9 Å². The highest BCUT2D eigenvalue weighted by Gasteiger charge is 2.23. The van der Waals surface area contributed by atoms with Crippen molar-refractivity contribution in [1.29, 1.82) is 0 Å². The summed E-state index contributed by atoms with van der Waals surface area (Å²) in [6.45, 7) is 7.25. The van der Waals surface area contributed by atoms with E-state index in [0.717, 1.165) is 25.0 Å². The van der Waals surface area contributed by atoms with Crippen molar-refractivity contribution in [3.05, 3.63) is 30.6 Å². The van der Waals surface area contributed by atoms with Gasteiger partial charge in [-0.2, -0.15) is 0 Å². The van der Waals surface area contributed by atoms with Crippen LogP contribution >= 0.6 is 0 Å². The molecule has 20 heteroatoms. The normalized spacial score (nSPS) is 12.5. The van der Waals surface area contributed by atoms with Gasteiger partial charge in [0.1, 0.15) is 24.8 Å². The molecule has 0 saturated heterocycles. The number of ether oxygens (including phenoxy) is 4. The number of aliphatic hydroxyl groups excluding tert-OH is 1. The van der Waals surface area contributed by atoms with Gasteiger partial charge in [0.25, 0.3) is 0 Å². The number of carbonyl (C=O) groups excluding carboxylic acids is 6. The van der Waals surface area contributed by atoms with Crippen LogP contribution in [0.1, 0.15) is 167 Å². The average molecular weight is 1040 g/mol. The summed E-state index contributed by atoms with van der Waals surface area (Å²) in [5, 5.41) is 30.2. The van der Waals surface area contributed by atoms with E-state index in [1.54, 1.807) is 6.20 Å². The fourth-order valence-corrected chi connectivity index (χ4v) is 7.80. The summed E-state index contributed by atoms with van der Waals surface area (Å²) in [4.78, 5) is 93.0. The van der Waals surface area contributed by atoms with Crippen molar-refractivity contribution in [2.45, 2.75) is 180 Å². The van der Waals surface area contributed by atoms with Gasteiger partial charge >= 0.3 is 5.97 Å². The Morgan fingerprint density at radius 1 is 0.616 bits per heavy atom. The first-order chi connectivity index (χ1) is 35.3. The Morgan fingerprint density at radius 2 is 1.15 bits per heavy atom. The lowest BCUT2D eigenvalue weighted by Gasteiger charge is -2.19. The van der Waals surface area contributed by atoms with E-state index >= 15 is 0 Å². The summed E-state index contributed by atoms with van der Waals surface area (Å²) in [5.74, 6) is -3.47. The first-order valence-electron chi connectivity index (χ1n) is 27.1. The number of hydrogen-bond acceptors (Lipinski definition) is 15. The van der Waals surface area contributed by atoms with Gasteiger partial charge in [-0.15, -0.1) is 0 Å². The number of allylic oxidation sites excluding steroid dienone is 1. The first-order valence-corrected chi connectivity index (χ1v) is 27.1. The summed E-state index contributed by atoms with van der Waals surface area (Å²) < 4.78 is 21.5. The quantitative estimate of drug-likeness (QED) is 0.0295. The lowest BCUT2D eigenvalue weighted by atomic mass is 9.94. The summed E-state index contributed by atoms with van der Waals surface area (Å²) in [6, 6.07) is -1.39. The number of aromatic amines is 1. The highest BCUT2D eigenvalue weighted by molar-refractivity contribution is 5.88. The second-order valence-corrected chi connectivity index (χ2v) is 18.7. The number of rotatable bonds is 53. The number of carboxylic acid groups (broad SMARTS) is 1. The lowest BCUT2D eigenvalue weighted by Crippen LogP contribution is -2.45. The maximum atomic E-state index is 12.8.